The molecule has 0 aromatic rings. The third-order valence-electron chi connectivity index (χ3n) is 3.74. The highest BCUT2D eigenvalue weighted by atomic mass is 32.2. The molecule has 0 aromatic carbocycles. The van der Waals surface area contributed by atoms with Gasteiger partial charge in [-0.25, -0.2) is 8.42 Å². The van der Waals surface area contributed by atoms with Gasteiger partial charge in [0, 0.05) is 25.3 Å². The minimum atomic E-state index is -2.95. The van der Waals surface area contributed by atoms with Crippen molar-refractivity contribution < 1.29 is 13.2 Å². The van der Waals surface area contributed by atoms with Crippen LogP contribution in [0.15, 0.2) is 0 Å². The Morgan fingerprint density at radius 2 is 2.13 bits per heavy atom. The summed E-state index contributed by atoms with van der Waals surface area (Å²) in [5, 5.41) is -0.244. The first kappa shape index (κ1) is 12.9. The molecule has 1 rings (SSSR count). The molecule has 0 unspecified atom stereocenters. The monoisotopic (exact) mass is 235 g/mol. The van der Waals surface area contributed by atoms with E-state index < -0.39 is 9.84 Å². The van der Waals surface area contributed by atoms with E-state index >= 15 is 0 Å². The van der Waals surface area contributed by atoms with Crippen LogP contribution in [0.3, 0.4) is 0 Å². The van der Waals surface area contributed by atoms with Gasteiger partial charge < -0.3 is 10.5 Å². The second-order valence-electron chi connectivity index (χ2n) is 4.79. The molecule has 1 saturated carbocycles. The van der Waals surface area contributed by atoms with Crippen molar-refractivity contribution in [3.63, 3.8) is 0 Å². The molecule has 1 aliphatic carbocycles. The first-order chi connectivity index (χ1) is 6.85. The molecule has 1 fully saturated rings. The number of rotatable bonds is 4. The second-order valence-corrected chi connectivity index (χ2v) is 7.12. The lowest BCUT2D eigenvalue weighted by Crippen LogP contribution is -2.37. The largest absolute Gasteiger partial charge is 0.384 e. The molecular weight excluding hydrogens is 214 g/mol. The van der Waals surface area contributed by atoms with Crippen LogP contribution in [0.2, 0.25) is 0 Å². The summed E-state index contributed by atoms with van der Waals surface area (Å²) in [7, 11) is -1.31. The standard InChI is InChI=1S/C10H21NO3S/c1-8-4-9(15(3,12)13)5-10(8,6-11)7-14-2/h8-9H,4-7,11H2,1-3H3/t8-,9-,10+/m0/s1. The van der Waals surface area contributed by atoms with Crippen LogP contribution in [-0.4, -0.2) is 40.2 Å². The minimum Gasteiger partial charge on any atom is -0.384 e. The molecule has 2 N–H and O–H groups in total. The van der Waals surface area contributed by atoms with Crippen LogP contribution in [0.1, 0.15) is 19.8 Å². The zero-order valence-corrected chi connectivity index (χ0v) is 10.5. The third kappa shape index (κ3) is 2.52. The Labute approximate surface area is 92.1 Å². The molecule has 4 nitrogen and oxygen atoms in total. The molecule has 15 heavy (non-hydrogen) atoms. The van der Waals surface area contributed by atoms with Crippen molar-refractivity contribution in [2.75, 3.05) is 26.5 Å². The number of ether oxygens (including phenoxy) is 1. The average molecular weight is 235 g/mol. The first-order valence-electron chi connectivity index (χ1n) is 5.23. The Bertz CT molecular complexity index is 315. The average Bonchev–Trinajstić information content (AvgIpc) is 2.45. The second kappa shape index (κ2) is 4.39. The smallest absolute Gasteiger partial charge is 0.150 e. The van der Waals surface area contributed by atoms with Crippen LogP contribution in [0.5, 0.6) is 0 Å². The molecule has 3 atom stereocenters. The molecule has 0 bridgehead atoms. The molecule has 90 valence electrons. The SMILES string of the molecule is COC[C@]1(CN)C[C@@H](S(C)(=O)=O)C[C@@H]1C. The summed E-state index contributed by atoms with van der Waals surface area (Å²) in [5.74, 6) is 0.308. The van der Waals surface area contributed by atoms with Gasteiger partial charge >= 0.3 is 0 Å². The summed E-state index contributed by atoms with van der Waals surface area (Å²) in [6.07, 6.45) is 2.65. The fourth-order valence-corrected chi connectivity index (χ4v) is 3.81. The summed E-state index contributed by atoms with van der Waals surface area (Å²) in [4.78, 5) is 0. The van der Waals surface area contributed by atoms with Crippen LogP contribution in [0.4, 0.5) is 0 Å². The van der Waals surface area contributed by atoms with Crippen molar-refractivity contribution in [3.8, 4) is 0 Å². The van der Waals surface area contributed by atoms with E-state index in [9.17, 15) is 8.42 Å². The van der Waals surface area contributed by atoms with Gasteiger partial charge in [-0.1, -0.05) is 6.92 Å². The van der Waals surface area contributed by atoms with Crippen LogP contribution in [0.25, 0.3) is 0 Å². The van der Waals surface area contributed by atoms with Crippen LogP contribution in [-0.2, 0) is 14.6 Å². The fraction of sp³-hybridized carbons (Fsp3) is 1.00. The molecule has 0 spiro atoms. The molecule has 0 radical (unpaired) electrons. The van der Waals surface area contributed by atoms with Gasteiger partial charge in [0.25, 0.3) is 0 Å². The molecule has 0 aliphatic heterocycles. The molecule has 1 aliphatic rings. The Balaban J connectivity index is 2.86. The summed E-state index contributed by atoms with van der Waals surface area (Å²) >= 11 is 0. The van der Waals surface area contributed by atoms with E-state index in [4.69, 9.17) is 10.5 Å². The maximum Gasteiger partial charge on any atom is 0.150 e. The van der Waals surface area contributed by atoms with Crippen LogP contribution < -0.4 is 5.73 Å². The van der Waals surface area contributed by atoms with Crippen molar-refractivity contribution in [2.24, 2.45) is 17.1 Å². The highest BCUT2D eigenvalue weighted by Gasteiger charge is 2.47. The number of sulfone groups is 1. The number of methoxy groups -OCH3 is 1. The van der Waals surface area contributed by atoms with Crippen LogP contribution >= 0.6 is 0 Å². The van der Waals surface area contributed by atoms with Gasteiger partial charge in [0.2, 0.25) is 0 Å². The van der Waals surface area contributed by atoms with E-state index in [0.29, 0.717) is 31.9 Å². The maximum absolute atomic E-state index is 11.5. The van der Waals surface area contributed by atoms with E-state index in [0.717, 1.165) is 0 Å². The fourth-order valence-electron chi connectivity index (χ4n) is 2.54. The van der Waals surface area contributed by atoms with Crippen molar-refractivity contribution in [2.45, 2.75) is 25.0 Å². The predicted molar refractivity (Wildman–Crippen MR) is 60.4 cm³/mol. The third-order valence-corrected chi connectivity index (χ3v) is 5.31. The zero-order valence-electron chi connectivity index (χ0n) is 9.69. The number of nitrogens with two attached hydrogens (primary N) is 1. The Morgan fingerprint density at radius 3 is 2.47 bits per heavy atom. The lowest BCUT2D eigenvalue weighted by molar-refractivity contribution is 0.0610. The Hall–Kier alpha value is -0.130. The summed E-state index contributed by atoms with van der Waals surface area (Å²) < 4.78 is 28.2. The van der Waals surface area contributed by atoms with Crippen LogP contribution in [0, 0.1) is 11.3 Å². The summed E-state index contributed by atoms with van der Waals surface area (Å²) in [6, 6.07) is 0. The van der Waals surface area contributed by atoms with Crippen molar-refractivity contribution in [1.29, 1.82) is 0 Å². The topological polar surface area (TPSA) is 69.4 Å². The van der Waals surface area contributed by atoms with Crippen molar-refractivity contribution >= 4 is 9.84 Å². The van der Waals surface area contributed by atoms with E-state index in [1.54, 1.807) is 7.11 Å². The lowest BCUT2D eigenvalue weighted by Gasteiger charge is -2.31. The van der Waals surface area contributed by atoms with E-state index in [2.05, 4.69) is 6.92 Å². The van der Waals surface area contributed by atoms with Crippen molar-refractivity contribution in [3.05, 3.63) is 0 Å². The number of hydrogen-bond donors (Lipinski definition) is 1. The van der Waals surface area contributed by atoms with Gasteiger partial charge in [-0.15, -0.1) is 0 Å². The van der Waals surface area contributed by atoms with Gasteiger partial charge in [0.05, 0.1) is 11.9 Å². The van der Waals surface area contributed by atoms with Gasteiger partial charge in [-0.05, 0) is 18.8 Å². The van der Waals surface area contributed by atoms with Crippen molar-refractivity contribution in [1.82, 2.24) is 0 Å². The normalized spacial score (nSPS) is 37.1. The summed E-state index contributed by atoms with van der Waals surface area (Å²) in [5.41, 5.74) is 5.63. The molecule has 0 saturated heterocycles. The Morgan fingerprint density at radius 1 is 1.53 bits per heavy atom. The molecule has 5 heteroatoms. The lowest BCUT2D eigenvalue weighted by atomic mass is 9.80. The summed E-state index contributed by atoms with van der Waals surface area (Å²) in [6.45, 7) is 3.11. The Kier molecular flexibility index (Phi) is 3.79. The quantitative estimate of drug-likeness (QED) is 0.767. The van der Waals surface area contributed by atoms with Gasteiger partial charge in [-0.2, -0.15) is 0 Å². The maximum atomic E-state index is 11.5. The highest BCUT2D eigenvalue weighted by Crippen LogP contribution is 2.45. The highest BCUT2D eigenvalue weighted by molar-refractivity contribution is 7.91. The van der Waals surface area contributed by atoms with E-state index in [1.807, 2.05) is 0 Å². The van der Waals surface area contributed by atoms with Gasteiger partial charge in [0.1, 0.15) is 9.84 Å². The predicted octanol–water partition coefficient (Wildman–Crippen LogP) is 0.421. The molecular formula is C10H21NO3S. The van der Waals surface area contributed by atoms with Gasteiger partial charge in [-0.3, -0.25) is 0 Å². The van der Waals surface area contributed by atoms with Gasteiger partial charge in [0.15, 0.2) is 0 Å². The first-order valence-corrected chi connectivity index (χ1v) is 7.19. The van der Waals surface area contributed by atoms with E-state index in [1.165, 1.54) is 6.26 Å². The molecule has 0 aromatic heterocycles. The molecule has 0 heterocycles. The number of hydrogen-bond acceptors (Lipinski definition) is 4. The molecule has 0 amide bonds. The zero-order chi connectivity index (χ0) is 11.7. The minimum absolute atomic E-state index is 0.150. The van der Waals surface area contributed by atoms with E-state index in [-0.39, 0.29) is 10.7 Å².